The molecule has 0 aliphatic carbocycles. The van der Waals surface area contributed by atoms with E-state index < -0.39 is 10.9 Å². The van der Waals surface area contributed by atoms with E-state index in [1.165, 1.54) is 29.1 Å². The number of carboxylic acid groups (broad SMARTS) is 1. The molecule has 8 nitrogen and oxygen atoms in total. The van der Waals surface area contributed by atoms with Crippen molar-refractivity contribution in [2.75, 3.05) is 5.32 Å². The average molecular weight is 297 g/mol. The Hall–Kier alpha value is -2.61. The zero-order valence-corrected chi connectivity index (χ0v) is 11.0. The lowest BCUT2D eigenvalue weighted by atomic mass is 10.2. The predicted octanol–water partition coefficient (Wildman–Crippen LogP) is 2.42. The third-order valence-electron chi connectivity index (χ3n) is 2.55. The van der Waals surface area contributed by atoms with Gasteiger partial charge in [-0.1, -0.05) is 11.6 Å². The molecule has 1 heterocycles. The van der Waals surface area contributed by atoms with Crippen LogP contribution in [-0.4, -0.2) is 25.6 Å². The highest BCUT2D eigenvalue weighted by Gasteiger charge is 2.20. The van der Waals surface area contributed by atoms with E-state index in [4.69, 9.17) is 16.7 Å². The summed E-state index contributed by atoms with van der Waals surface area (Å²) in [5.74, 6) is -1.30. The molecule has 9 heteroatoms. The molecule has 0 radical (unpaired) electrons. The van der Waals surface area contributed by atoms with Gasteiger partial charge in [-0.05, 0) is 28.1 Å². The molecule has 0 saturated carbocycles. The number of anilines is 2. The number of nitrogens with zero attached hydrogens (tertiary/aromatic N) is 3. The molecule has 2 N–H and O–H groups in total. The predicted molar refractivity (Wildman–Crippen MR) is 71.6 cm³/mol. The van der Waals surface area contributed by atoms with E-state index in [1.807, 2.05) is 0 Å². The van der Waals surface area contributed by atoms with Crippen molar-refractivity contribution in [2.24, 2.45) is 7.05 Å². The molecule has 0 bridgehead atoms. The number of halogens is 1. The molecule has 0 atom stereocenters. The van der Waals surface area contributed by atoms with Gasteiger partial charge in [-0.3, -0.25) is 4.57 Å². The zero-order valence-electron chi connectivity index (χ0n) is 10.2. The van der Waals surface area contributed by atoms with Crippen LogP contribution in [0, 0.1) is 10.1 Å². The number of benzene rings is 1. The fourth-order valence-electron chi connectivity index (χ4n) is 1.60. The number of aromatic nitrogens is 2. The minimum atomic E-state index is -1.15. The van der Waals surface area contributed by atoms with Gasteiger partial charge < -0.3 is 20.5 Å². The van der Waals surface area contributed by atoms with Crippen molar-refractivity contribution < 1.29 is 14.8 Å². The molecule has 0 amide bonds. The minimum Gasteiger partial charge on any atom is -0.478 e. The summed E-state index contributed by atoms with van der Waals surface area (Å²) in [5.41, 5.74) is 0.378. The molecule has 1 aromatic carbocycles. The first-order chi connectivity index (χ1) is 9.40. The first-order valence-corrected chi connectivity index (χ1v) is 5.73. The first-order valence-electron chi connectivity index (χ1n) is 5.35. The van der Waals surface area contributed by atoms with E-state index in [2.05, 4.69) is 10.3 Å². The normalized spacial score (nSPS) is 10.3. The Kier molecular flexibility index (Phi) is 3.57. The van der Waals surface area contributed by atoms with E-state index >= 15 is 0 Å². The number of hydrogen-bond acceptors (Lipinski definition) is 5. The van der Waals surface area contributed by atoms with Crippen molar-refractivity contribution in [3.05, 3.63) is 45.2 Å². The van der Waals surface area contributed by atoms with Crippen LogP contribution < -0.4 is 5.32 Å². The number of aryl methyl sites for hydroxylation is 1. The Morgan fingerprint density at radius 2 is 2.25 bits per heavy atom. The standard InChI is InChI=1S/C11H9ClN4O4/c1-15-5-13-9(16(19)20)10(15)14-6-2-3-7(11(17)18)8(12)4-6/h2-5,14H,1H3,(H,17,18). The summed E-state index contributed by atoms with van der Waals surface area (Å²) in [4.78, 5) is 24.7. The van der Waals surface area contributed by atoms with Crippen LogP contribution in [0.2, 0.25) is 5.02 Å². The van der Waals surface area contributed by atoms with Gasteiger partial charge in [0.05, 0.1) is 10.6 Å². The maximum absolute atomic E-state index is 10.8. The van der Waals surface area contributed by atoms with Gasteiger partial charge >= 0.3 is 11.8 Å². The summed E-state index contributed by atoms with van der Waals surface area (Å²) >= 11 is 5.83. The molecular formula is C11H9ClN4O4. The first kappa shape index (κ1) is 13.8. The van der Waals surface area contributed by atoms with Crippen LogP contribution in [0.5, 0.6) is 0 Å². The molecule has 0 fully saturated rings. The van der Waals surface area contributed by atoms with Gasteiger partial charge in [0.25, 0.3) is 0 Å². The molecule has 2 rings (SSSR count). The van der Waals surface area contributed by atoms with Crippen LogP contribution in [-0.2, 0) is 7.05 Å². The van der Waals surface area contributed by atoms with Crippen molar-refractivity contribution in [1.82, 2.24) is 9.55 Å². The maximum Gasteiger partial charge on any atom is 0.406 e. The molecule has 0 aliphatic heterocycles. The van der Waals surface area contributed by atoms with Crippen LogP contribution in [0.15, 0.2) is 24.5 Å². The van der Waals surface area contributed by atoms with E-state index in [-0.39, 0.29) is 22.2 Å². The fourth-order valence-corrected chi connectivity index (χ4v) is 1.86. The third-order valence-corrected chi connectivity index (χ3v) is 2.87. The van der Waals surface area contributed by atoms with E-state index in [1.54, 1.807) is 7.05 Å². The third kappa shape index (κ3) is 2.54. The monoisotopic (exact) mass is 296 g/mol. The number of rotatable bonds is 4. The molecule has 104 valence electrons. The van der Waals surface area contributed by atoms with Crippen molar-refractivity contribution >= 4 is 34.9 Å². The number of hydrogen-bond donors (Lipinski definition) is 2. The maximum atomic E-state index is 10.8. The fraction of sp³-hybridized carbons (Fsp3) is 0.0909. The number of aromatic carboxylic acids is 1. The van der Waals surface area contributed by atoms with Gasteiger partial charge in [0, 0.05) is 12.7 Å². The van der Waals surface area contributed by atoms with Crippen molar-refractivity contribution in [1.29, 1.82) is 0 Å². The quantitative estimate of drug-likeness (QED) is 0.662. The van der Waals surface area contributed by atoms with E-state index in [0.29, 0.717) is 5.69 Å². The number of nitro groups is 1. The summed E-state index contributed by atoms with van der Waals surface area (Å²) < 4.78 is 1.44. The molecular weight excluding hydrogens is 288 g/mol. The summed E-state index contributed by atoms with van der Waals surface area (Å²) in [6.07, 6.45) is 1.30. The lowest BCUT2D eigenvalue weighted by Crippen LogP contribution is -2.02. The highest BCUT2D eigenvalue weighted by atomic mass is 35.5. The summed E-state index contributed by atoms with van der Waals surface area (Å²) in [5, 5.41) is 22.5. The topological polar surface area (TPSA) is 110 Å². The van der Waals surface area contributed by atoms with Crippen molar-refractivity contribution in [2.45, 2.75) is 0 Å². The Bertz CT molecular complexity index is 698. The molecule has 0 aliphatic rings. The number of nitrogens with one attached hydrogen (secondary N) is 1. The van der Waals surface area contributed by atoms with E-state index in [0.717, 1.165) is 0 Å². The van der Waals surface area contributed by atoms with Gasteiger partial charge in [-0.2, -0.15) is 0 Å². The number of imidazole rings is 1. The Morgan fingerprint density at radius 3 is 2.80 bits per heavy atom. The Morgan fingerprint density at radius 1 is 1.55 bits per heavy atom. The van der Waals surface area contributed by atoms with E-state index in [9.17, 15) is 14.9 Å². The molecule has 0 unspecified atom stereocenters. The second-order valence-corrected chi connectivity index (χ2v) is 4.32. The largest absolute Gasteiger partial charge is 0.478 e. The Balaban J connectivity index is 2.36. The minimum absolute atomic E-state index is 0.0346. The van der Waals surface area contributed by atoms with Crippen molar-refractivity contribution in [3.63, 3.8) is 0 Å². The van der Waals surface area contributed by atoms with Crippen molar-refractivity contribution in [3.8, 4) is 0 Å². The molecule has 2 aromatic rings. The smallest absolute Gasteiger partial charge is 0.406 e. The molecule has 0 saturated heterocycles. The summed E-state index contributed by atoms with van der Waals surface area (Å²) in [7, 11) is 1.59. The van der Waals surface area contributed by atoms with Crippen LogP contribution in [0.25, 0.3) is 0 Å². The second kappa shape index (κ2) is 5.17. The average Bonchev–Trinajstić information content (AvgIpc) is 2.71. The molecule has 0 spiro atoms. The van der Waals surface area contributed by atoms with Crippen LogP contribution >= 0.6 is 11.6 Å². The summed E-state index contributed by atoms with van der Waals surface area (Å²) in [6, 6.07) is 4.16. The summed E-state index contributed by atoms with van der Waals surface area (Å²) in [6.45, 7) is 0. The second-order valence-electron chi connectivity index (χ2n) is 3.91. The van der Waals surface area contributed by atoms with Crippen LogP contribution in [0.3, 0.4) is 0 Å². The Labute approximate surface area is 117 Å². The SMILES string of the molecule is Cn1cnc([N+](=O)[O-])c1Nc1ccc(C(=O)O)c(Cl)c1. The molecule has 1 aromatic heterocycles. The van der Waals surface area contributed by atoms with Gasteiger partial charge in [-0.15, -0.1) is 0 Å². The number of carbonyl (C=O) groups is 1. The lowest BCUT2D eigenvalue weighted by Gasteiger charge is -2.07. The van der Waals surface area contributed by atoms with Crippen LogP contribution in [0.4, 0.5) is 17.3 Å². The van der Waals surface area contributed by atoms with Gasteiger partial charge in [-0.25, -0.2) is 4.79 Å². The van der Waals surface area contributed by atoms with Crippen LogP contribution in [0.1, 0.15) is 10.4 Å². The van der Waals surface area contributed by atoms with Gasteiger partial charge in [0.15, 0.2) is 0 Å². The zero-order chi connectivity index (χ0) is 14.9. The molecule has 20 heavy (non-hydrogen) atoms. The number of carboxylic acids is 1. The highest BCUT2D eigenvalue weighted by molar-refractivity contribution is 6.33. The van der Waals surface area contributed by atoms with Gasteiger partial charge in [0.2, 0.25) is 12.1 Å². The highest BCUT2D eigenvalue weighted by Crippen LogP contribution is 2.28. The lowest BCUT2D eigenvalue weighted by molar-refractivity contribution is -0.388. The van der Waals surface area contributed by atoms with Gasteiger partial charge in [0.1, 0.15) is 0 Å².